The van der Waals surface area contributed by atoms with Crippen molar-refractivity contribution in [1.82, 2.24) is 19.8 Å². The van der Waals surface area contributed by atoms with Gasteiger partial charge in [0.15, 0.2) is 5.11 Å². The molecule has 7 heteroatoms. The molecular formula is C27H31N5OS. The number of amides is 1. The molecule has 0 radical (unpaired) electrons. The van der Waals surface area contributed by atoms with Gasteiger partial charge >= 0.3 is 0 Å². The molecule has 1 saturated carbocycles. The quantitative estimate of drug-likeness (QED) is 0.456. The second-order valence-corrected chi connectivity index (χ2v) is 9.65. The second-order valence-electron chi connectivity index (χ2n) is 9.26. The third kappa shape index (κ3) is 4.71. The zero-order valence-electron chi connectivity index (χ0n) is 19.5. The minimum atomic E-state index is -0.0658. The number of nitrogens with one attached hydrogen (secondary N) is 2. The maximum absolute atomic E-state index is 12.8. The van der Waals surface area contributed by atoms with Gasteiger partial charge in [0.05, 0.1) is 17.8 Å². The molecule has 5 rings (SSSR count). The number of aromatic nitrogens is 2. The molecule has 34 heavy (non-hydrogen) atoms. The van der Waals surface area contributed by atoms with Crippen molar-refractivity contribution >= 4 is 28.9 Å². The largest absolute Gasteiger partial charge is 0.352 e. The number of thiocarbonyl (C=S) groups is 1. The van der Waals surface area contributed by atoms with E-state index in [2.05, 4.69) is 43.4 Å². The Kier molecular flexibility index (Phi) is 6.63. The molecule has 0 bridgehead atoms. The van der Waals surface area contributed by atoms with E-state index >= 15 is 0 Å². The number of pyridine rings is 1. The number of hydrogen-bond acceptors (Lipinski definition) is 3. The van der Waals surface area contributed by atoms with Gasteiger partial charge in [0.25, 0.3) is 0 Å². The van der Waals surface area contributed by atoms with Gasteiger partial charge in [-0.3, -0.25) is 9.78 Å². The van der Waals surface area contributed by atoms with Crippen molar-refractivity contribution in [1.29, 1.82) is 0 Å². The standard InChI is InChI=1S/C27H31N5OS/c1-19-11-13-20(14-12-19)29-24(33)15-18-32-26(23-10-6-17-31(23)21-7-2-3-8-21)25(30-27(32)34)22-9-4-5-16-28-22/h4-6,9-14,16-17,21,25-26H,2-3,7-8,15,18H2,1H3,(H,29,33)(H,30,34)/t25-,26+/m0/s1. The number of aryl methyl sites for hydroxylation is 1. The van der Waals surface area contributed by atoms with Gasteiger partial charge in [-0.15, -0.1) is 0 Å². The van der Waals surface area contributed by atoms with Crippen LogP contribution in [-0.2, 0) is 4.79 Å². The number of benzene rings is 1. The molecule has 1 aromatic carbocycles. The highest BCUT2D eigenvalue weighted by atomic mass is 32.1. The first kappa shape index (κ1) is 22.6. The van der Waals surface area contributed by atoms with Crippen molar-refractivity contribution in [3.63, 3.8) is 0 Å². The number of anilines is 1. The van der Waals surface area contributed by atoms with E-state index in [4.69, 9.17) is 12.2 Å². The van der Waals surface area contributed by atoms with Gasteiger partial charge in [-0.1, -0.05) is 36.6 Å². The predicted octanol–water partition coefficient (Wildman–Crippen LogP) is 5.31. The van der Waals surface area contributed by atoms with Crippen molar-refractivity contribution in [2.45, 2.75) is 57.2 Å². The molecule has 2 aliphatic rings. The van der Waals surface area contributed by atoms with Crippen molar-refractivity contribution in [3.8, 4) is 0 Å². The Morgan fingerprint density at radius 1 is 1.12 bits per heavy atom. The Balaban J connectivity index is 1.38. The fourth-order valence-electron chi connectivity index (χ4n) is 5.22. The molecule has 2 aromatic heterocycles. The number of rotatable bonds is 7. The lowest BCUT2D eigenvalue weighted by atomic mass is 10.0. The highest BCUT2D eigenvalue weighted by Crippen LogP contribution is 2.41. The highest BCUT2D eigenvalue weighted by Gasteiger charge is 2.41. The lowest BCUT2D eigenvalue weighted by molar-refractivity contribution is -0.116. The fraction of sp³-hybridized carbons (Fsp3) is 0.370. The molecule has 2 N–H and O–H groups in total. The Morgan fingerprint density at radius 3 is 2.65 bits per heavy atom. The molecule has 1 saturated heterocycles. The normalized spacial score (nSPS) is 20.5. The monoisotopic (exact) mass is 473 g/mol. The summed E-state index contributed by atoms with van der Waals surface area (Å²) in [7, 11) is 0. The average molecular weight is 474 g/mol. The lowest BCUT2D eigenvalue weighted by Crippen LogP contribution is -2.33. The Morgan fingerprint density at radius 2 is 1.91 bits per heavy atom. The molecule has 1 amide bonds. The third-order valence-electron chi connectivity index (χ3n) is 6.95. The molecule has 2 fully saturated rings. The van der Waals surface area contributed by atoms with Crippen molar-refractivity contribution in [2.75, 3.05) is 11.9 Å². The van der Waals surface area contributed by atoms with E-state index in [1.54, 1.807) is 0 Å². The number of carbonyl (C=O) groups is 1. The fourth-order valence-corrected chi connectivity index (χ4v) is 5.55. The number of hydrogen-bond donors (Lipinski definition) is 2. The maximum atomic E-state index is 12.8. The van der Waals surface area contributed by atoms with Gasteiger partial charge in [0.1, 0.15) is 0 Å². The van der Waals surface area contributed by atoms with Crippen LogP contribution in [0.2, 0.25) is 0 Å². The van der Waals surface area contributed by atoms with Crippen molar-refractivity contribution < 1.29 is 4.79 Å². The summed E-state index contributed by atoms with van der Waals surface area (Å²) >= 11 is 5.79. The molecule has 3 aromatic rings. The summed E-state index contributed by atoms with van der Waals surface area (Å²) in [5.74, 6) is -0.0159. The highest BCUT2D eigenvalue weighted by molar-refractivity contribution is 7.80. The molecule has 6 nitrogen and oxygen atoms in total. The summed E-state index contributed by atoms with van der Waals surface area (Å²) in [4.78, 5) is 19.6. The van der Waals surface area contributed by atoms with Crippen molar-refractivity contribution in [3.05, 3.63) is 83.9 Å². The van der Waals surface area contributed by atoms with E-state index in [9.17, 15) is 4.79 Å². The van der Waals surface area contributed by atoms with Crippen LogP contribution in [0.5, 0.6) is 0 Å². The number of nitrogens with zero attached hydrogens (tertiary/aromatic N) is 3. The average Bonchev–Trinajstić information content (AvgIpc) is 3.59. The van der Waals surface area contributed by atoms with Gasteiger partial charge < -0.3 is 20.1 Å². The van der Waals surface area contributed by atoms with Gasteiger partial charge in [0, 0.05) is 42.8 Å². The van der Waals surface area contributed by atoms with E-state index in [1.165, 1.54) is 36.9 Å². The van der Waals surface area contributed by atoms with Crippen LogP contribution in [0.1, 0.15) is 67.2 Å². The summed E-state index contributed by atoms with van der Waals surface area (Å²) in [6, 6.07) is 18.6. The molecule has 3 heterocycles. The Labute approximate surface area is 206 Å². The topological polar surface area (TPSA) is 62.2 Å². The van der Waals surface area contributed by atoms with Crippen LogP contribution in [0, 0.1) is 6.92 Å². The van der Waals surface area contributed by atoms with Crippen LogP contribution in [-0.4, -0.2) is 32.0 Å². The van der Waals surface area contributed by atoms with Gasteiger partial charge in [0.2, 0.25) is 5.91 Å². The predicted molar refractivity (Wildman–Crippen MR) is 139 cm³/mol. The van der Waals surface area contributed by atoms with Gasteiger partial charge in [-0.25, -0.2) is 0 Å². The molecule has 0 unspecified atom stereocenters. The van der Waals surface area contributed by atoms with E-state index in [0.717, 1.165) is 11.4 Å². The molecular weight excluding hydrogens is 442 g/mol. The summed E-state index contributed by atoms with van der Waals surface area (Å²) in [6.07, 6.45) is 9.34. The van der Waals surface area contributed by atoms with Crippen LogP contribution in [0.25, 0.3) is 0 Å². The maximum Gasteiger partial charge on any atom is 0.226 e. The van der Waals surface area contributed by atoms with E-state index in [-0.39, 0.29) is 18.0 Å². The zero-order chi connectivity index (χ0) is 23.5. The minimum absolute atomic E-state index is 0.0159. The summed E-state index contributed by atoms with van der Waals surface area (Å²) in [5.41, 5.74) is 4.17. The minimum Gasteiger partial charge on any atom is -0.352 e. The van der Waals surface area contributed by atoms with E-state index in [1.807, 2.05) is 55.6 Å². The van der Waals surface area contributed by atoms with Crippen LogP contribution in [0.3, 0.4) is 0 Å². The summed E-state index contributed by atoms with van der Waals surface area (Å²) < 4.78 is 2.43. The van der Waals surface area contributed by atoms with Crippen LogP contribution >= 0.6 is 12.2 Å². The van der Waals surface area contributed by atoms with Crippen LogP contribution in [0.15, 0.2) is 67.0 Å². The van der Waals surface area contributed by atoms with Crippen LogP contribution in [0.4, 0.5) is 5.69 Å². The molecule has 176 valence electrons. The number of carbonyl (C=O) groups excluding carboxylic acids is 1. The first-order valence-corrected chi connectivity index (χ1v) is 12.5. The lowest BCUT2D eigenvalue weighted by Gasteiger charge is -2.30. The molecule has 1 aliphatic carbocycles. The van der Waals surface area contributed by atoms with Gasteiger partial charge in [-0.05, 0) is 68.4 Å². The summed E-state index contributed by atoms with van der Waals surface area (Å²) in [6.45, 7) is 2.57. The smallest absolute Gasteiger partial charge is 0.226 e. The Hall–Kier alpha value is -3.19. The second kappa shape index (κ2) is 9.97. The van der Waals surface area contributed by atoms with E-state index < -0.39 is 0 Å². The SMILES string of the molecule is Cc1ccc(NC(=O)CCN2C(=S)N[C@@H](c3ccccn3)[C@H]2c2cccn2C2CCCC2)cc1. The van der Waals surface area contributed by atoms with Crippen LogP contribution < -0.4 is 10.6 Å². The molecule has 0 spiro atoms. The molecule has 2 atom stereocenters. The first-order chi connectivity index (χ1) is 16.6. The van der Waals surface area contributed by atoms with Gasteiger partial charge in [-0.2, -0.15) is 0 Å². The zero-order valence-corrected chi connectivity index (χ0v) is 20.3. The van der Waals surface area contributed by atoms with Crippen molar-refractivity contribution in [2.24, 2.45) is 0 Å². The third-order valence-corrected chi connectivity index (χ3v) is 7.30. The first-order valence-electron chi connectivity index (χ1n) is 12.1. The summed E-state index contributed by atoms with van der Waals surface area (Å²) in [5, 5.41) is 7.19. The van der Waals surface area contributed by atoms with E-state index in [0.29, 0.717) is 24.1 Å². The Bertz CT molecular complexity index is 1140. The molecule has 1 aliphatic heterocycles.